The zero-order valence-electron chi connectivity index (χ0n) is 13.2. The molecule has 0 radical (unpaired) electrons. The monoisotopic (exact) mass is 390 g/mol. The topological polar surface area (TPSA) is 66.5 Å². The Hall–Kier alpha value is -0.920. The summed E-state index contributed by atoms with van der Waals surface area (Å²) < 4.78 is 25.8. The van der Waals surface area contributed by atoms with Gasteiger partial charge in [-0.25, -0.2) is 12.7 Å². The molecule has 5 nitrogen and oxygen atoms in total. The molecule has 7 heteroatoms. The molecule has 0 fully saturated rings. The molecule has 0 aliphatic heterocycles. The number of nitrogens with one attached hydrogen (secondary N) is 1. The maximum atomic E-state index is 11.9. The summed E-state index contributed by atoms with van der Waals surface area (Å²) in [5.74, 6) is 0.223. The van der Waals surface area contributed by atoms with Crippen LogP contribution in [-0.2, 0) is 14.8 Å². The number of halogens is 1. The largest absolute Gasteiger partial charge is 0.326 e. The molecule has 22 heavy (non-hydrogen) atoms. The van der Waals surface area contributed by atoms with Crippen LogP contribution in [0.25, 0.3) is 0 Å². The molecule has 1 aromatic carbocycles. The van der Waals surface area contributed by atoms with Gasteiger partial charge in [0.2, 0.25) is 15.9 Å². The molecule has 0 aromatic heterocycles. The van der Waals surface area contributed by atoms with Crippen LogP contribution in [0.15, 0.2) is 28.7 Å². The molecular formula is C15H23BrN2O3S. The van der Waals surface area contributed by atoms with E-state index < -0.39 is 10.0 Å². The molecule has 0 saturated carbocycles. The molecular weight excluding hydrogens is 368 g/mol. The predicted molar refractivity (Wildman–Crippen MR) is 93.3 cm³/mol. The number of carbonyl (C=O) groups excluding carboxylic acids is 1. The van der Waals surface area contributed by atoms with E-state index in [1.807, 2.05) is 26.0 Å². The lowest BCUT2D eigenvalue weighted by Crippen LogP contribution is -2.34. The van der Waals surface area contributed by atoms with Crippen LogP contribution in [0.4, 0.5) is 5.69 Å². The van der Waals surface area contributed by atoms with Crippen molar-refractivity contribution >= 4 is 37.5 Å². The Morgan fingerprint density at radius 2 is 1.82 bits per heavy atom. The molecule has 0 bridgehead atoms. The molecule has 1 N–H and O–H groups in total. The van der Waals surface area contributed by atoms with Crippen molar-refractivity contribution in [2.75, 3.05) is 24.7 Å². The SMILES string of the molecule is CC(C)CCN(CCC(=O)Nc1ccc(Br)cc1)S(C)(=O)=O. The van der Waals surface area contributed by atoms with Gasteiger partial charge in [0.1, 0.15) is 0 Å². The molecule has 1 amide bonds. The highest BCUT2D eigenvalue weighted by Crippen LogP contribution is 2.14. The molecule has 0 unspecified atom stereocenters. The number of sulfonamides is 1. The second-order valence-electron chi connectivity index (χ2n) is 5.65. The van der Waals surface area contributed by atoms with Crippen molar-refractivity contribution in [3.05, 3.63) is 28.7 Å². The molecule has 0 atom stereocenters. The molecule has 124 valence electrons. The third kappa shape index (κ3) is 7.38. The average molecular weight is 391 g/mol. The van der Waals surface area contributed by atoms with Crippen LogP contribution < -0.4 is 5.32 Å². The minimum Gasteiger partial charge on any atom is -0.326 e. The fourth-order valence-corrected chi connectivity index (χ4v) is 2.95. The van der Waals surface area contributed by atoms with E-state index in [9.17, 15) is 13.2 Å². The highest BCUT2D eigenvalue weighted by molar-refractivity contribution is 9.10. The van der Waals surface area contributed by atoms with E-state index in [1.165, 1.54) is 10.6 Å². The maximum Gasteiger partial charge on any atom is 0.225 e. The maximum absolute atomic E-state index is 11.9. The Bertz CT molecular complexity index is 585. The van der Waals surface area contributed by atoms with E-state index in [2.05, 4.69) is 21.2 Å². The third-order valence-electron chi connectivity index (χ3n) is 3.14. The zero-order valence-corrected chi connectivity index (χ0v) is 15.6. The van der Waals surface area contributed by atoms with Gasteiger partial charge in [-0.3, -0.25) is 4.79 Å². The molecule has 0 aliphatic rings. The Labute approximate surface area is 141 Å². The van der Waals surface area contributed by atoms with E-state index in [-0.39, 0.29) is 18.9 Å². The number of carbonyl (C=O) groups is 1. The van der Waals surface area contributed by atoms with Gasteiger partial charge < -0.3 is 5.32 Å². The van der Waals surface area contributed by atoms with Crippen LogP contribution in [0.3, 0.4) is 0 Å². The Morgan fingerprint density at radius 3 is 2.32 bits per heavy atom. The van der Waals surface area contributed by atoms with Crippen molar-refractivity contribution in [2.45, 2.75) is 26.7 Å². The molecule has 1 rings (SSSR count). The summed E-state index contributed by atoms with van der Waals surface area (Å²) in [5, 5.41) is 2.76. The van der Waals surface area contributed by atoms with Crippen molar-refractivity contribution < 1.29 is 13.2 Å². The number of anilines is 1. The van der Waals surface area contributed by atoms with Crippen molar-refractivity contribution in [1.82, 2.24) is 4.31 Å². The summed E-state index contributed by atoms with van der Waals surface area (Å²) in [6, 6.07) is 7.24. The molecule has 0 aliphatic carbocycles. The number of rotatable bonds is 8. The lowest BCUT2D eigenvalue weighted by molar-refractivity contribution is -0.116. The van der Waals surface area contributed by atoms with Crippen molar-refractivity contribution in [1.29, 1.82) is 0 Å². The number of benzene rings is 1. The Balaban J connectivity index is 2.53. The second-order valence-corrected chi connectivity index (χ2v) is 8.55. The number of amides is 1. The summed E-state index contributed by atoms with van der Waals surface area (Å²) in [6.07, 6.45) is 2.10. The van der Waals surface area contributed by atoms with Gasteiger partial charge >= 0.3 is 0 Å². The summed E-state index contributed by atoms with van der Waals surface area (Å²) in [5.41, 5.74) is 0.696. The van der Waals surface area contributed by atoms with Crippen LogP contribution in [-0.4, -0.2) is 38.0 Å². The first-order valence-corrected chi connectivity index (χ1v) is 9.83. The van der Waals surface area contributed by atoms with Gasteiger partial charge in [-0.05, 0) is 36.6 Å². The average Bonchev–Trinajstić information content (AvgIpc) is 2.39. The fraction of sp³-hybridized carbons (Fsp3) is 0.533. The first kappa shape index (κ1) is 19.1. The van der Waals surface area contributed by atoms with E-state index in [1.54, 1.807) is 12.1 Å². The minimum absolute atomic E-state index is 0.140. The quantitative estimate of drug-likeness (QED) is 0.741. The van der Waals surface area contributed by atoms with Crippen molar-refractivity contribution in [2.24, 2.45) is 5.92 Å². The molecule has 0 heterocycles. The van der Waals surface area contributed by atoms with E-state index in [4.69, 9.17) is 0 Å². The van der Waals surface area contributed by atoms with Gasteiger partial charge in [-0.2, -0.15) is 0 Å². The summed E-state index contributed by atoms with van der Waals surface area (Å²) >= 11 is 3.33. The normalized spacial score (nSPS) is 11.9. The van der Waals surface area contributed by atoms with Crippen molar-refractivity contribution in [3.63, 3.8) is 0 Å². The van der Waals surface area contributed by atoms with Gasteiger partial charge in [0.25, 0.3) is 0 Å². The van der Waals surface area contributed by atoms with E-state index in [0.29, 0.717) is 18.2 Å². The standard InChI is InChI=1S/C15H23BrN2O3S/c1-12(2)8-10-18(22(3,20)21)11-9-15(19)17-14-6-4-13(16)5-7-14/h4-7,12H,8-11H2,1-3H3,(H,17,19). The fourth-order valence-electron chi connectivity index (χ4n) is 1.83. The van der Waals surface area contributed by atoms with Gasteiger partial charge in [-0.15, -0.1) is 0 Å². The minimum atomic E-state index is -3.29. The molecule has 1 aromatic rings. The Kier molecular flexibility index (Phi) is 7.52. The summed E-state index contributed by atoms with van der Waals surface area (Å²) in [7, 11) is -3.29. The van der Waals surface area contributed by atoms with Crippen LogP contribution >= 0.6 is 15.9 Å². The third-order valence-corrected chi connectivity index (χ3v) is 4.97. The van der Waals surface area contributed by atoms with Crippen LogP contribution in [0, 0.1) is 5.92 Å². The second kappa shape index (κ2) is 8.64. The lowest BCUT2D eigenvalue weighted by atomic mass is 10.1. The zero-order chi connectivity index (χ0) is 16.8. The van der Waals surface area contributed by atoms with Crippen LogP contribution in [0.1, 0.15) is 26.7 Å². The van der Waals surface area contributed by atoms with Crippen LogP contribution in [0.5, 0.6) is 0 Å². The first-order chi connectivity index (χ1) is 10.2. The Morgan fingerprint density at radius 1 is 1.23 bits per heavy atom. The number of hydrogen-bond donors (Lipinski definition) is 1. The lowest BCUT2D eigenvalue weighted by Gasteiger charge is -2.20. The summed E-state index contributed by atoms with van der Waals surface area (Å²) in [6.45, 7) is 4.73. The van der Waals surface area contributed by atoms with Gasteiger partial charge in [0, 0.05) is 29.7 Å². The van der Waals surface area contributed by atoms with Gasteiger partial charge in [0.15, 0.2) is 0 Å². The smallest absolute Gasteiger partial charge is 0.225 e. The van der Waals surface area contributed by atoms with Gasteiger partial charge in [-0.1, -0.05) is 29.8 Å². The predicted octanol–water partition coefficient (Wildman–Crippen LogP) is 3.09. The highest BCUT2D eigenvalue weighted by Gasteiger charge is 2.18. The highest BCUT2D eigenvalue weighted by atomic mass is 79.9. The van der Waals surface area contributed by atoms with E-state index >= 15 is 0 Å². The van der Waals surface area contributed by atoms with Crippen LogP contribution in [0.2, 0.25) is 0 Å². The molecule has 0 spiro atoms. The first-order valence-electron chi connectivity index (χ1n) is 7.19. The summed E-state index contributed by atoms with van der Waals surface area (Å²) in [4.78, 5) is 11.9. The number of nitrogens with zero attached hydrogens (tertiary/aromatic N) is 1. The van der Waals surface area contributed by atoms with Crippen molar-refractivity contribution in [3.8, 4) is 0 Å². The number of hydrogen-bond acceptors (Lipinski definition) is 3. The molecule has 0 saturated heterocycles. The van der Waals surface area contributed by atoms with E-state index in [0.717, 1.165) is 10.9 Å². The van der Waals surface area contributed by atoms with Gasteiger partial charge in [0.05, 0.1) is 6.26 Å².